The Morgan fingerprint density at radius 1 is 1.55 bits per heavy atom. The van der Waals surface area contributed by atoms with E-state index in [1.807, 2.05) is 13.8 Å². The number of hydrogen-bond donors (Lipinski definition) is 2. The van der Waals surface area contributed by atoms with Crippen LogP contribution in [-0.4, -0.2) is 33.7 Å². The molecule has 1 aliphatic rings. The highest BCUT2D eigenvalue weighted by Gasteiger charge is 2.30. The van der Waals surface area contributed by atoms with Crippen LogP contribution in [0, 0.1) is 0 Å². The van der Waals surface area contributed by atoms with Crippen LogP contribution >= 0.6 is 27.3 Å². The van der Waals surface area contributed by atoms with Crippen molar-refractivity contribution < 1.29 is 13.2 Å². The van der Waals surface area contributed by atoms with E-state index in [9.17, 15) is 8.42 Å². The van der Waals surface area contributed by atoms with Crippen LogP contribution in [0.25, 0.3) is 0 Å². The molecule has 1 aromatic rings. The second-order valence-electron chi connectivity index (χ2n) is 4.72. The Labute approximate surface area is 132 Å². The standard InChI is InChI=1S/C12H19BrN2O3S2/c1-3-14-7-9-6-11(12(13)19-9)20(16,17)15-10-4-5-18-8(10)2/h6,8,10,14-15H,3-5,7H2,1-2H3. The van der Waals surface area contributed by atoms with Crippen LogP contribution < -0.4 is 10.0 Å². The highest BCUT2D eigenvalue weighted by Crippen LogP contribution is 2.32. The maximum absolute atomic E-state index is 12.4. The van der Waals surface area contributed by atoms with E-state index in [1.54, 1.807) is 6.07 Å². The first-order valence-corrected chi connectivity index (χ1v) is 9.66. The van der Waals surface area contributed by atoms with Crippen molar-refractivity contribution in [2.24, 2.45) is 0 Å². The Kier molecular flexibility index (Phi) is 5.61. The molecule has 0 bridgehead atoms. The largest absolute Gasteiger partial charge is 0.377 e. The predicted molar refractivity (Wildman–Crippen MR) is 83.5 cm³/mol. The number of halogens is 1. The molecule has 2 rings (SSSR count). The zero-order valence-corrected chi connectivity index (χ0v) is 14.7. The molecule has 0 aromatic carbocycles. The molecule has 0 spiro atoms. The van der Waals surface area contributed by atoms with Crippen LogP contribution in [0.2, 0.25) is 0 Å². The van der Waals surface area contributed by atoms with E-state index in [-0.39, 0.29) is 12.1 Å². The third-order valence-corrected chi connectivity index (χ3v) is 6.97. The molecule has 114 valence electrons. The van der Waals surface area contributed by atoms with E-state index >= 15 is 0 Å². The summed E-state index contributed by atoms with van der Waals surface area (Å²) in [4.78, 5) is 1.31. The minimum Gasteiger partial charge on any atom is -0.377 e. The SMILES string of the molecule is CCNCc1cc(S(=O)(=O)NC2CCOC2C)c(Br)s1. The highest BCUT2D eigenvalue weighted by molar-refractivity contribution is 9.11. The average molecular weight is 383 g/mol. The van der Waals surface area contributed by atoms with Crippen LogP contribution in [0.4, 0.5) is 0 Å². The minimum absolute atomic E-state index is 0.0802. The maximum atomic E-state index is 12.4. The van der Waals surface area contributed by atoms with Crippen molar-refractivity contribution in [2.45, 2.75) is 43.9 Å². The summed E-state index contributed by atoms with van der Waals surface area (Å²) >= 11 is 4.79. The summed E-state index contributed by atoms with van der Waals surface area (Å²) in [5, 5.41) is 3.19. The summed E-state index contributed by atoms with van der Waals surface area (Å²) in [6, 6.07) is 1.57. The number of hydrogen-bond acceptors (Lipinski definition) is 5. The fourth-order valence-electron chi connectivity index (χ4n) is 2.07. The molecule has 0 aliphatic carbocycles. The molecule has 0 saturated carbocycles. The van der Waals surface area contributed by atoms with Crippen molar-refractivity contribution in [3.63, 3.8) is 0 Å². The first-order chi connectivity index (χ1) is 9.44. The summed E-state index contributed by atoms with van der Waals surface area (Å²) in [5.74, 6) is 0. The van der Waals surface area contributed by atoms with E-state index < -0.39 is 10.0 Å². The molecular weight excluding hydrogens is 364 g/mol. The van der Waals surface area contributed by atoms with Crippen LogP contribution in [0.3, 0.4) is 0 Å². The fourth-order valence-corrected chi connectivity index (χ4v) is 6.06. The first kappa shape index (κ1) is 16.4. The van der Waals surface area contributed by atoms with E-state index in [0.29, 0.717) is 28.3 Å². The molecule has 2 heterocycles. The van der Waals surface area contributed by atoms with Gasteiger partial charge in [0.1, 0.15) is 4.90 Å². The van der Waals surface area contributed by atoms with Gasteiger partial charge in [-0.05, 0) is 41.9 Å². The topological polar surface area (TPSA) is 67.4 Å². The summed E-state index contributed by atoms with van der Waals surface area (Å²) < 4.78 is 33.6. The van der Waals surface area contributed by atoms with Gasteiger partial charge in [0.2, 0.25) is 10.0 Å². The van der Waals surface area contributed by atoms with Gasteiger partial charge in [0, 0.05) is 18.0 Å². The summed E-state index contributed by atoms with van der Waals surface area (Å²) in [6.07, 6.45) is 0.635. The molecule has 2 unspecified atom stereocenters. The Morgan fingerprint density at radius 3 is 2.90 bits per heavy atom. The van der Waals surface area contributed by atoms with Gasteiger partial charge in [-0.15, -0.1) is 11.3 Å². The van der Waals surface area contributed by atoms with Gasteiger partial charge >= 0.3 is 0 Å². The first-order valence-electron chi connectivity index (χ1n) is 6.57. The van der Waals surface area contributed by atoms with Crippen molar-refractivity contribution in [2.75, 3.05) is 13.2 Å². The zero-order valence-electron chi connectivity index (χ0n) is 11.5. The monoisotopic (exact) mass is 382 g/mol. The quantitative estimate of drug-likeness (QED) is 0.790. The van der Waals surface area contributed by atoms with Crippen LogP contribution in [0.1, 0.15) is 25.1 Å². The van der Waals surface area contributed by atoms with Gasteiger partial charge in [0.25, 0.3) is 0 Å². The Morgan fingerprint density at radius 2 is 2.30 bits per heavy atom. The Hall–Kier alpha value is 0.01000. The maximum Gasteiger partial charge on any atom is 0.242 e. The zero-order chi connectivity index (χ0) is 14.8. The number of nitrogens with one attached hydrogen (secondary N) is 2. The van der Waals surface area contributed by atoms with Crippen molar-refractivity contribution in [1.82, 2.24) is 10.0 Å². The lowest BCUT2D eigenvalue weighted by Crippen LogP contribution is -2.39. The third kappa shape index (κ3) is 3.80. The number of thiophene rings is 1. The molecule has 0 radical (unpaired) electrons. The van der Waals surface area contributed by atoms with Crippen molar-refractivity contribution >= 4 is 37.3 Å². The smallest absolute Gasteiger partial charge is 0.242 e. The second kappa shape index (κ2) is 6.85. The molecule has 1 fully saturated rings. The molecule has 1 aromatic heterocycles. The Balaban J connectivity index is 2.14. The number of sulfonamides is 1. The summed E-state index contributed by atoms with van der Waals surface area (Å²) in [6.45, 7) is 6.04. The van der Waals surface area contributed by atoms with E-state index in [2.05, 4.69) is 26.0 Å². The van der Waals surface area contributed by atoms with Crippen LogP contribution in [0.5, 0.6) is 0 Å². The van der Waals surface area contributed by atoms with Gasteiger partial charge in [-0.3, -0.25) is 0 Å². The molecule has 8 heteroatoms. The molecule has 20 heavy (non-hydrogen) atoms. The molecule has 5 nitrogen and oxygen atoms in total. The van der Waals surface area contributed by atoms with Crippen molar-refractivity contribution in [3.05, 3.63) is 14.7 Å². The van der Waals surface area contributed by atoms with Crippen molar-refractivity contribution in [1.29, 1.82) is 0 Å². The lowest BCUT2D eigenvalue weighted by molar-refractivity contribution is 0.117. The molecule has 1 saturated heterocycles. The summed E-state index contributed by atoms with van der Waals surface area (Å²) in [7, 11) is -3.51. The number of ether oxygens (including phenoxy) is 1. The normalized spacial score (nSPS) is 23.4. The van der Waals surface area contributed by atoms with Gasteiger partial charge in [-0.2, -0.15) is 0 Å². The fraction of sp³-hybridized carbons (Fsp3) is 0.667. The molecule has 2 atom stereocenters. The van der Waals surface area contributed by atoms with Gasteiger partial charge in [0.05, 0.1) is 15.9 Å². The average Bonchev–Trinajstić information content (AvgIpc) is 2.94. The molecule has 0 amide bonds. The second-order valence-corrected chi connectivity index (χ2v) is 8.86. The van der Waals surface area contributed by atoms with Crippen LogP contribution in [0.15, 0.2) is 14.7 Å². The lowest BCUT2D eigenvalue weighted by Gasteiger charge is -2.15. The predicted octanol–water partition coefficient (Wildman–Crippen LogP) is 2.08. The molecule has 2 N–H and O–H groups in total. The highest BCUT2D eigenvalue weighted by atomic mass is 79.9. The van der Waals surface area contributed by atoms with Gasteiger partial charge in [-0.1, -0.05) is 6.92 Å². The van der Waals surface area contributed by atoms with Gasteiger partial charge in [0.15, 0.2) is 0 Å². The number of rotatable bonds is 6. The third-order valence-electron chi connectivity index (χ3n) is 3.23. The van der Waals surface area contributed by atoms with E-state index in [0.717, 1.165) is 11.4 Å². The van der Waals surface area contributed by atoms with E-state index in [4.69, 9.17) is 4.74 Å². The Bertz CT molecular complexity index is 559. The van der Waals surface area contributed by atoms with E-state index in [1.165, 1.54) is 11.3 Å². The lowest BCUT2D eigenvalue weighted by atomic mass is 10.2. The van der Waals surface area contributed by atoms with Crippen LogP contribution in [-0.2, 0) is 21.3 Å². The van der Waals surface area contributed by atoms with Crippen molar-refractivity contribution in [3.8, 4) is 0 Å². The van der Waals surface area contributed by atoms with Gasteiger partial charge in [-0.25, -0.2) is 13.1 Å². The molecule has 1 aliphatic heterocycles. The molecular formula is C12H19BrN2O3S2. The minimum atomic E-state index is -3.51. The summed E-state index contributed by atoms with van der Waals surface area (Å²) in [5.41, 5.74) is 0. The van der Waals surface area contributed by atoms with Gasteiger partial charge < -0.3 is 10.1 Å².